The number of nitrogens with zero attached hydrogens (tertiary/aromatic N) is 2. The molecule has 1 unspecified atom stereocenters. The minimum Gasteiger partial charge on any atom is -0.480 e. The van der Waals surface area contributed by atoms with Crippen LogP contribution in [0.2, 0.25) is 0 Å². The molecular formula is C8H10F2N2O2. The van der Waals surface area contributed by atoms with Crippen molar-refractivity contribution in [2.24, 2.45) is 0 Å². The average molecular weight is 204 g/mol. The molecule has 0 aliphatic rings. The van der Waals surface area contributed by atoms with Crippen molar-refractivity contribution in [1.29, 1.82) is 0 Å². The van der Waals surface area contributed by atoms with Crippen LogP contribution in [0.3, 0.4) is 0 Å². The van der Waals surface area contributed by atoms with Crippen molar-refractivity contribution in [2.75, 3.05) is 7.11 Å². The van der Waals surface area contributed by atoms with Gasteiger partial charge >= 0.3 is 0 Å². The van der Waals surface area contributed by atoms with Crippen LogP contribution in [0.1, 0.15) is 30.7 Å². The Morgan fingerprint density at radius 3 is 2.50 bits per heavy atom. The summed E-state index contributed by atoms with van der Waals surface area (Å²) in [7, 11) is 1.33. The molecule has 1 N–H and O–H groups in total. The lowest BCUT2D eigenvalue weighted by Gasteiger charge is -2.09. The monoisotopic (exact) mass is 204 g/mol. The molecule has 0 saturated carbocycles. The van der Waals surface area contributed by atoms with E-state index in [-0.39, 0.29) is 11.4 Å². The first-order valence-electron chi connectivity index (χ1n) is 3.94. The Morgan fingerprint density at radius 1 is 1.43 bits per heavy atom. The summed E-state index contributed by atoms with van der Waals surface area (Å²) in [4.78, 5) is 0. The quantitative estimate of drug-likeness (QED) is 0.810. The number of halogens is 2. The fourth-order valence-corrected chi connectivity index (χ4v) is 0.975. The fraction of sp³-hybridized carbons (Fsp3) is 0.500. The summed E-state index contributed by atoms with van der Waals surface area (Å²) >= 11 is 0. The zero-order valence-electron chi connectivity index (χ0n) is 7.74. The number of hydrogen-bond acceptors (Lipinski definition) is 4. The highest BCUT2D eigenvalue weighted by atomic mass is 19.3. The molecule has 0 aliphatic carbocycles. The lowest BCUT2D eigenvalue weighted by molar-refractivity contribution is 0.142. The number of alkyl halides is 2. The first-order chi connectivity index (χ1) is 6.56. The summed E-state index contributed by atoms with van der Waals surface area (Å²) in [6.07, 6.45) is -3.62. The molecule has 6 heteroatoms. The average Bonchev–Trinajstić information content (AvgIpc) is 2.16. The van der Waals surface area contributed by atoms with Gasteiger partial charge in [0, 0.05) is 5.56 Å². The molecule has 1 heterocycles. The number of aromatic nitrogens is 2. The van der Waals surface area contributed by atoms with E-state index in [9.17, 15) is 13.9 Å². The summed E-state index contributed by atoms with van der Waals surface area (Å²) in [5.74, 6) is 0.0596. The van der Waals surface area contributed by atoms with Crippen molar-refractivity contribution in [3.63, 3.8) is 0 Å². The predicted octanol–water partition coefficient (Wildman–Crippen LogP) is 1.48. The number of methoxy groups -OCH3 is 1. The van der Waals surface area contributed by atoms with Gasteiger partial charge in [-0.15, -0.1) is 10.2 Å². The number of rotatable bonds is 3. The normalized spacial score (nSPS) is 13.0. The SMILES string of the molecule is COc1nnc(C(F)F)cc1C(C)O. The summed E-state index contributed by atoms with van der Waals surface area (Å²) in [6, 6.07) is 1.08. The fourth-order valence-electron chi connectivity index (χ4n) is 0.975. The van der Waals surface area contributed by atoms with Crippen LogP contribution in [0.5, 0.6) is 5.88 Å². The minimum absolute atomic E-state index is 0.0596. The van der Waals surface area contributed by atoms with Gasteiger partial charge in [-0.3, -0.25) is 0 Å². The Labute approximate surface area is 79.5 Å². The summed E-state index contributed by atoms with van der Waals surface area (Å²) in [6.45, 7) is 1.44. The molecule has 1 aromatic heterocycles. The van der Waals surface area contributed by atoms with Gasteiger partial charge in [0.2, 0.25) is 5.88 Å². The molecule has 0 amide bonds. The van der Waals surface area contributed by atoms with E-state index in [0.717, 1.165) is 6.07 Å². The molecule has 1 aromatic rings. The van der Waals surface area contributed by atoms with Gasteiger partial charge in [0.15, 0.2) is 0 Å². The van der Waals surface area contributed by atoms with Crippen molar-refractivity contribution in [1.82, 2.24) is 10.2 Å². The molecule has 0 fully saturated rings. The molecule has 0 aliphatic heterocycles. The van der Waals surface area contributed by atoms with Crippen LogP contribution < -0.4 is 4.74 Å². The van der Waals surface area contributed by atoms with Gasteiger partial charge in [-0.05, 0) is 13.0 Å². The van der Waals surface area contributed by atoms with Gasteiger partial charge in [-0.2, -0.15) is 0 Å². The van der Waals surface area contributed by atoms with Crippen LogP contribution in [0.15, 0.2) is 6.07 Å². The molecule has 0 saturated heterocycles. The van der Waals surface area contributed by atoms with E-state index >= 15 is 0 Å². The van der Waals surface area contributed by atoms with Crippen molar-refractivity contribution < 1.29 is 18.6 Å². The van der Waals surface area contributed by atoms with Gasteiger partial charge in [-0.1, -0.05) is 0 Å². The van der Waals surface area contributed by atoms with E-state index in [2.05, 4.69) is 10.2 Å². The van der Waals surface area contributed by atoms with E-state index in [1.54, 1.807) is 0 Å². The third kappa shape index (κ3) is 2.14. The van der Waals surface area contributed by atoms with Gasteiger partial charge in [0.1, 0.15) is 5.69 Å². The molecule has 0 spiro atoms. The molecule has 0 radical (unpaired) electrons. The topological polar surface area (TPSA) is 55.2 Å². The van der Waals surface area contributed by atoms with E-state index in [0.29, 0.717) is 0 Å². The van der Waals surface area contributed by atoms with Crippen LogP contribution >= 0.6 is 0 Å². The molecule has 0 aromatic carbocycles. The van der Waals surface area contributed by atoms with Gasteiger partial charge in [-0.25, -0.2) is 8.78 Å². The Morgan fingerprint density at radius 2 is 2.07 bits per heavy atom. The molecule has 4 nitrogen and oxygen atoms in total. The number of hydrogen-bond donors (Lipinski definition) is 1. The number of aliphatic hydroxyl groups excluding tert-OH is 1. The van der Waals surface area contributed by atoms with Crippen LogP contribution in [-0.4, -0.2) is 22.4 Å². The standard InChI is InChI=1S/C8H10F2N2O2/c1-4(13)5-3-6(7(9)10)11-12-8(5)14-2/h3-4,7,13H,1-2H3. The van der Waals surface area contributed by atoms with Crippen LogP contribution in [-0.2, 0) is 0 Å². The first kappa shape index (κ1) is 10.8. The highest BCUT2D eigenvalue weighted by Gasteiger charge is 2.16. The van der Waals surface area contributed by atoms with Crippen molar-refractivity contribution in [2.45, 2.75) is 19.5 Å². The lowest BCUT2D eigenvalue weighted by atomic mass is 10.1. The molecule has 78 valence electrons. The minimum atomic E-state index is -2.70. The highest BCUT2D eigenvalue weighted by molar-refractivity contribution is 5.28. The Balaban J connectivity index is 3.14. The zero-order chi connectivity index (χ0) is 10.7. The van der Waals surface area contributed by atoms with Gasteiger partial charge in [0.25, 0.3) is 6.43 Å². The summed E-state index contributed by atoms with van der Waals surface area (Å²) < 4.78 is 29.2. The first-order valence-corrected chi connectivity index (χ1v) is 3.94. The van der Waals surface area contributed by atoms with Gasteiger partial charge < -0.3 is 9.84 Å². The molecule has 1 atom stereocenters. The van der Waals surface area contributed by atoms with Crippen molar-refractivity contribution in [3.05, 3.63) is 17.3 Å². The van der Waals surface area contributed by atoms with E-state index in [1.165, 1.54) is 14.0 Å². The maximum atomic E-state index is 12.2. The van der Waals surface area contributed by atoms with Crippen LogP contribution in [0, 0.1) is 0 Å². The largest absolute Gasteiger partial charge is 0.480 e. The maximum absolute atomic E-state index is 12.2. The third-order valence-electron chi connectivity index (χ3n) is 1.67. The van der Waals surface area contributed by atoms with Crippen molar-refractivity contribution in [3.8, 4) is 5.88 Å². The lowest BCUT2D eigenvalue weighted by Crippen LogP contribution is -2.04. The van der Waals surface area contributed by atoms with E-state index in [1.807, 2.05) is 0 Å². The van der Waals surface area contributed by atoms with Crippen LogP contribution in [0.4, 0.5) is 8.78 Å². The Bertz CT molecular complexity index is 318. The van der Waals surface area contributed by atoms with Crippen molar-refractivity contribution >= 4 is 0 Å². The molecular weight excluding hydrogens is 194 g/mol. The third-order valence-corrected chi connectivity index (χ3v) is 1.67. The second-order valence-corrected chi connectivity index (χ2v) is 2.71. The smallest absolute Gasteiger partial charge is 0.282 e. The van der Waals surface area contributed by atoms with E-state index < -0.39 is 18.2 Å². The Hall–Kier alpha value is -1.30. The molecule has 0 bridgehead atoms. The highest BCUT2D eigenvalue weighted by Crippen LogP contribution is 2.25. The van der Waals surface area contributed by atoms with Crippen LogP contribution in [0.25, 0.3) is 0 Å². The maximum Gasteiger partial charge on any atom is 0.282 e. The Kier molecular flexibility index (Phi) is 3.29. The zero-order valence-corrected chi connectivity index (χ0v) is 7.74. The molecule has 1 rings (SSSR count). The number of ether oxygens (including phenoxy) is 1. The predicted molar refractivity (Wildman–Crippen MR) is 44.2 cm³/mol. The second-order valence-electron chi connectivity index (χ2n) is 2.71. The summed E-state index contributed by atoms with van der Waals surface area (Å²) in [5, 5.41) is 15.9. The van der Waals surface area contributed by atoms with E-state index in [4.69, 9.17) is 4.74 Å². The number of aliphatic hydroxyl groups is 1. The van der Waals surface area contributed by atoms with Gasteiger partial charge in [0.05, 0.1) is 13.2 Å². The second kappa shape index (κ2) is 4.28. The summed E-state index contributed by atoms with van der Waals surface area (Å²) in [5.41, 5.74) is -0.264. The molecule has 14 heavy (non-hydrogen) atoms.